The number of anilines is 1. The van der Waals surface area contributed by atoms with Gasteiger partial charge in [-0.1, -0.05) is 0 Å². The molecule has 3 rings (SSSR count). The molecule has 2 atom stereocenters. The van der Waals surface area contributed by atoms with Crippen LogP contribution >= 0.6 is 0 Å². The van der Waals surface area contributed by atoms with Gasteiger partial charge in [0.05, 0.1) is 18.8 Å². The SMILES string of the molecule is COc1nc(N2CC3[C@H](C2)N=C(N)N(C)S3(=O)=O)nc(C)c1F. The van der Waals surface area contributed by atoms with Crippen molar-refractivity contribution in [3.63, 3.8) is 0 Å². The van der Waals surface area contributed by atoms with E-state index < -0.39 is 27.1 Å². The van der Waals surface area contributed by atoms with Crippen LogP contribution in [0.2, 0.25) is 0 Å². The van der Waals surface area contributed by atoms with Crippen molar-refractivity contribution in [2.24, 2.45) is 10.7 Å². The summed E-state index contributed by atoms with van der Waals surface area (Å²) >= 11 is 0. The van der Waals surface area contributed by atoms with Crippen LogP contribution in [0.25, 0.3) is 0 Å². The molecule has 0 saturated carbocycles. The largest absolute Gasteiger partial charge is 0.479 e. The Morgan fingerprint density at radius 3 is 2.70 bits per heavy atom. The first-order chi connectivity index (χ1) is 10.8. The smallest absolute Gasteiger partial charge is 0.255 e. The van der Waals surface area contributed by atoms with Crippen molar-refractivity contribution in [1.82, 2.24) is 14.3 Å². The Labute approximate surface area is 133 Å². The van der Waals surface area contributed by atoms with Crippen LogP contribution in [0.3, 0.4) is 0 Å². The highest BCUT2D eigenvalue weighted by molar-refractivity contribution is 7.90. The Balaban J connectivity index is 1.96. The Bertz CT molecular complexity index is 783. The fourth-order valence-corrected chi connectivity index (χ4v) is 4.34. The predicted molar refractivity (Wildman–Crippen MR) is 81.4 cm³/mol. The van der Waals surface area contributed by atoms with Gasteiger partial charge in [-0.3, -0.25) is 0 Å². The van der Waals surface area contributed by atoms with E-state index in [1.54, 1.807) is 4.90 Å². The number of rotatable bonds is 2. The monoisotopic (exact) mass is 344 g/mol. The molecular formula is C12H17FN6O3S. The minimum atomic E-state index is -3.59. The lowest BCUT2D eigenvalue weighted by Gasteiger charge is -2.29. The lowest BCUT2D eigenvalue weighted by Crippen LogP contribution is -2.52. The molecule has 1 aromatic heterocycles. The van der Waals surface area contributed by atoms with Crippen molar-refractivity contribution in [1.29, 1.82) is 0 Å². The maximum Gasteiger partial charge on any atom is 0.255 e. The summed E-state index contributed by atoms with van der Waals surface area (Å²) in [5, 5.41) is -0.736. The van der Waals surface area contributed by atoms with E-state index in [0.717, 1.165) is 4.31 Å². The molecule has 9 nitrogen and oxygen atoms in total. The highest BCUT2D eigenvalue weighted by Gasteiger charge is 2.48. The summed E-state index contributed by atoms with van der Waals surface area (Å²) in [6.07, 6.45) is 0. The van der Waals surface area contributed by atoms with Gasteiger partial charge in [-0.25, -0.2) is 22.7 Å². The highest BCUT2D eigenvalue weighted by atomic mass is 32.2. The molecule has 2 aliphatic rings. The molecule has 0 spiro atoms. The third-order valence-corrected chi connectivity index (χ3v) is 6.25. The van der Waals surface area contributed by atoms with Crippen LogP contribution < -0.4 is 15.4 Å². The number of nitrogens with two attached hydrogens (primary N) is 1. The molecule has 126 valence electrons. The molecule has 0 aliphatic carbocycles. The molecule has 1 aromatic rings. The standard InChI is InChI=1S/C12H17FN6O3S/c1-6-9(13)10(22-3)17-12(15-6)19-4-7-8(5-19)23(20,21)18(2)11(14)16-7/h7-8H,4-5H2,1-3H3,(H2,14,16)/t7-,8?/m0/s1. The van der Waals surface area contributed by atoms with Crippen molar-refractivity contribution < 1.29 is 17.5 Å². The van der Waals surface area contributed by atoms with E-state index in [-0.39, 0.29) is 36.6 Å². The van der Waals surface area contributed by atoms with Gasteiger partial charge in [-0.05, 0) is 6.92 Å². The Hall–Kier alpha value is -2.17. The number of aliphatic imine (C=N–C) groups is 1. The van der Waals surface area contributed by atoms with Gasteiger partial charge >= 0.3 is 0 Å². The average molecular weight is 344 g/mol. The predicted octanol–water partition coefficient (Wildman–Crippen LogP) is -0.920. The van der Waals surface area contributed by atoms with Crippen LogP contribution in [0.15, 0.2) is 4.99 Å². The number of hydrogen-bond acceptors (Lipinski definition) is 8. The van der Waals surface area contributed by atoms with Crippen LogP contribution in [-0.2, 0) is 10.0 Å². The molecule has 2 N–H and O–H groups in total. The zero-order valence-electron chi connectivity index (χ0n) is 12.9. The third kappa shape index (κ3) is 2.35. The zero-order chi connectivity index (χ0) is 16.9. The molecule has 0 bridgehead atoms. The van der Waals surface area contributed by atoms with Crippen LogP contribution in [0.1, 0.15) is 5.69 Å². The van der Waals surface area contributed by atoms with E-state index >= 15 is 0 Å². The molecule has 0 aromatic carbocycles. The summed E-state index contributed by atoms with van der Waals surface area (Å²) in [5.41, 5.74) is 5.79. The Kier molecular flexibility index (Phi) is 3.54. The normalized spacial score (nSPS) is 26.0. The molecule has 3 heterocycles. The van der Waals surface area contributed by atoms with E-state index in [2.05, 4.69) is 15.0 Å². The molecule has 0 radical (unpaired) electrons. The van der Waals surface area contributed by atoms with Crippen LogP contribution in [0.5, 0.6) is 5.88 Å². The van der Waals surface area contributed by atoms with Crippen molar-refractivity contribution in [3.8, 4) is 5.88 Å². The van der Waals surface area contributed by atoms with Gasteiger partial charge in [0.15, 0.2) is 0 Å². The second kappa shape index (κ2) is 5.18. The summed E-state index contributed by atoms with van der Waals surface area (Å²) in [4.78, 5) is 14.0. The van der Waals surface area contributed by atoms with Crippen molar-refractivity contribution >= 4 is 21.9 Å². The summed E-state index contributed by atoms with van der Waals surface area (Å²) in [6, 6.07) is -0.504. The fraction of sp³-hybridized carbons (Fsp3) is 0.583. The van der Waals surface area contributed by atoms with Gasteiger partial charge in [0.2, 0.25) is 27.7 Å². The van der Waals surface area contributed by atoms with E-state index in [0.29, 0.717) is 0 Å². The number of nitrogens with zero attached hydrogens (tertiary/aromatic N) is 5. The first-order valence-corrected chi connectivity index (χ1v) is 8.40. The summed E-state index contributed by atoms with van der Waals surface area (Å²) in [5.74, 6) is -0.642. The number of aryl methyl sites for hydroxylation is 1. The summed E-state index contributed by atoms with van der Waals surface area (Å²) in [6.45, 7) is 1.93. The van der Waals surface area contributed by atoms with Gasteiger partial charge in [0, 0.05) is 20.1 Å². The molecule has 0 amide bonds. The fourth-order valence-electron chi connectivity index (χ4n) is 2.72. The van der Waals surface area contributed by atoms with Gasteiger partial charge in [0.1, 0.15) is 5.25 Å². The van der Waals surface area contributed by atoms with Gasteiger partial charge in [-0.15, -0.1) is 0 Å². The van der Waals surface area contributed by atoms with Gasteiger partial charge in [-0.2, -0.15) is 9.37 Å². The highest BCUT2D eigenvalue weighted by Crippen LogP contribution is 2.30. The van der Waals surface area contributed by atoms with Crippen LogP contribution in [0, 0.1) is 12.7 Å². The van der Waals surface area contributed by atoms with Crippen LogP contribution in [-0.4, -0.2) is 67.2 Å². The molecular weight excluding hydrogens is 327 g/mol. The van der Waals surface area contributed by atoms with Crippen LogP contribution in [0.4, 0.5) is 10.3 Å². The molecule has 1 unspecified atom stereocenters. The maximum atomic E-state index is 13.8. The second-order valence-corrected chi connectivity index (χ2v) is 7.63. The number of methoxy groups -OCH3 is 1. The molecule has 11 heteroatoms. The van der Waals surface area contributed by atoms with Crippen molar-refractivity contribution in [3.05, 3.63) is 11.5 Å². The first-order valence-electron chi connectivity index (χ1n) is 6.89. The van der Waals surface area contributed by atoms with Gasteiger partial charge in [0.25, 0.3) is 5.88 Å². The zero-order valence-corrected chi connectivity index (χ0v) is 13.7. The molecule has 2 aliphatic heterocycles. The lowest BCUT2D eigenvalue weighted by molar-refractivity contribution is 0.365. The average Bonchev–Trinajstić information content (AvgIpc) is 2.93. The van der Waals surface area contributed by atoms with Crippen molar-refractivity contribution in [2.75, 3.05) is 32.1 Å². The number of fused-ring (bicyclic) bond motifs is 1. The lowest BCUT2D eigenvalue weighted by atomic mass is 10.3. The number of aromatic nitrogens is 2. The summed E-state index contributed by atoms with van der Waals surface area (Å²) in [7, 11) is -0.910. The van der Waals surface area contributed by atoms with Crippen molar-refractivity contribution in [2.45, 2.75) is 18.2 Å². The third-order valence-electron chi connectivity index (χ3n) is 4.07. The number of sulfonamides is 1. The first kappa shape index (κ1) is 15.7. The Morgan fingerprint density at radius 1 is 1.35 bits per heavy atom. The van der Waals surface area contributed by atoms with E-state index in [1.165, 1.54) is 21.1 Å². The minimum Gasteiger partial charge on any atom is -0.479 e. The minimum absolute atomic E-state index is 0.0399. The summed E-state index contributed by atoms with van der Waals surface area (Å²) < 4.78 is 44.5. The topological polar surface area (TPSA) is 114 Å². The molecule has 23 heavy (non-hydrogen) atoms. The quantitative estimate of drug-likeness (QED) is 0.738. The number of hydrogen-bond donors (Lipinski definition) is 1. The number of ether oxygens (including phenoxy) is 1. The van der Waals surface area contributed by atoms with E-state index in [9.17, 15) is 12.8 Å². The number of guanidine groups is 1. The molecule has 1 fully saturated rings. The second-order valence-electron chi connectivity index (χ2n) is 5.44. The number of halogens is 1. The van der Waals surface area contributed by atoms with E-state index in [4.69, 9.17) is 10.5 Å². The van der Waals surface area contributed by atoms with E-state index in [1.807, 2.05) is 0 Å². The molecule has 1 saturated heterocycles. The van der Waals surface area contributed by atoms with Gasteiger partial charge < -0.3 is 15.4 Å². The maximum absolute atomic E-state index is 13.8. The Morgan fingerprint density at radius 2 is 2.04 bits per heavy atom.